The molecule has 2 N–H and O–H groups in total. The smallest absolute Gasteiger partial charge is 0.273 e. The fraction of sp³-hybridized carbons (Fsp3) is 0. The molecule has 3 rings (SSSR count). The summed E-state index contributed by atoms with van der Waals surface area (Å²) in [5.74, 6) is -0.561. The highest BCUT2D eigenvalue weighted by Gasteiger charge is 2.19. The Morgan fingerprint density at radius 1 is 1.07 bits per heavy atom. The zero-order valence-electron chi connectivity index (χ0n) is 14.4. The van der Waals surface area contributed by atoms with E-state index in [0.29, 0.717) is 11.1 Å². The van der Waals surface area contributed by atoms with Crippen LogP contribution in [0.25, 0.3) is 0 Å². The molecule has 1 amide bonds. The molecular weight excluding hydrogens is 396 g/mol. The van der Waals surface area contributed by atoms with Gasteiger partial charge in [0.15, 0.2) is 0 Å². The van der Waals surface area contributed by atoms with Gasteiger partial charge < -0.3 is 0 Å². The lowest BCUT2D eigenvalue weighted by Gasteiger charge is -2.10. The first-order valence-corrected chi connectivity index (χ1v) is 10.3. The second-order valence-corrected chi connectivity index (χ2v) is 8.37. The SMILES string of the molecule is N#Cc1ccc(/C=N/NC(=O)c2ccccc2NS(=O)(=O)c2cccs2)cc1. The van der Waals surface area contributed by atoms with Crippen molar-refractivity contribution in [3.8, 4) is 6.07 Å². The van der Waals surface area contributed by atoms with Gasteiger partial charge in [-0.15, -0.1) is 11.3 Å². The minimum absolute atomic E-state index is 0.139. The number of nitrogens with zero attached hydrogens (tertiary/aromatic N) is 2. The maximum absolute atomic E-state index is 12.4. The second-order valence-electron chi connectivity index (χ2n) is 5.52. The first-order valence-electron chi connectivity index (χ1n) is 7.98. The molecule has 0 fully saturated rings. The molecule has 0 radical (unpaired) electrons. The molecule has 0 bridgehead atoms. The Balaban J connectivity index is 1.74. The molecule has 0 spiro atoms. The van der Waals surface area contributed by atoms with Gasteiger partial charge in [0.2, 0.25) is 0 Å². The minimum Gasteiger partial charge on any atom is -0.278 e. The summed E-state index contributed by atoms with van der Waals surface area (Å²) in [6.07, 6.45) is 1.43. The topological polar surface area (TPSA) is 111 Å². The van der Waals surface area contributed by atoms with E-state index in [1.807, 2.05) is 6.07 Å². The summed E-state index contributed by atoms with van der Waals surface area (Å²) in [4.78, 5) is 12.4. The van der Waals surface area contributed by atoms with Crippen molar-refractivity contribution in [1.29, 1.82) is 5.26 Å². The number of carbonyl (C=O) groups is 1. The average molecular weight is 410 g/mol. The molecule has 3 aromatic rings. The van der Waals surface area contributed by atoms with Crippen molar-refractivity contribution >= 4 is 39.2 Å². The van der Waals surface area contributed by atoms with Crippen LogP contribution in [0.4, 0.5) is 5.69 Å². The molecule has 1 heterocycles. The average Bonchev–Trinajstić information content (AvgIpc) is 3.24. The quantitative estimate of drug-likeness (QED) is 0.480. The second kappa shape index (κ2) is 8.47. The van der Waals surface area contributed by atoms with Crippen LogP contribution in [0.1, 0.15) is 21.5 Å². The number of nitrogens with one attached hydrogen (secondary N) is 2. The zero-order chi connectivity index (χ0) is 20.0. The van der Waals surface area contributed by atoms with Gasteiger partial charge in [-0.05, 0) is 41.3 Å². The molecule has 0 aliphatic rings. The predicted octanol–water partition coefficient (Wildman–Crippen LogP) is 3.18. The number of nitriles is 1. The van der Waals surface area contributed by atoms with E-state index in [1.54, 1.807) is 47.8 Å². The highest BCUT2D eigenvalue weighted by Crippen LogP contribution is 2.22. The molecule has 140 valence electrons. The van der Waals surface area contributed by atoms with Crippen LogP contribution >= 0.6 is 11.3 Å². The molecular formula is C19H14N4O3S2. The Labute approximate surface area is 166 Å². The molecule has 2 aromatic carbocycles. The third-order valence-corrected chi connectivity index (χ3v) is 6.36. The summed E-state index contributed by atoms with van der Waals surface area (Å²) in [6.45, 7) is 0. The summed E-state index contributed by atoms with van der Waals surface area (Å²) in [6, 6.07) is 18.0. The van der Waals surface area contributed by atoms with Gasteiger partial charge in [-0.3, -0.25) is 9.52 Å². The lowest BCUT2D eigenvalue weighted by atomic mass is 10.2. The standard InChI is InChI=1S/C19H14N4O3S2/c20-12-14-7-9-15(10-8-14)13-21-22-19(24)16-4-1-2-5-17(16)23-28(25,26)18-6-3-11-27-18/h1-11,13,23H,(H,22,24)/b21-13+. The van der Waals surface area contributed by atoms with Crippen LogP contribution in [0.15, 0.2) is 75.4 Å². The molecule has 0 aliphatic heterocycles. The Bertz CT molecular complexity index is 1150. The number of carbonyl (C=O) groups excluding carboxylic acids is 1. The highest BCUT2D eigenvalue weighted by molar-refractivity contribution is 7.94. The molecule has 9 heteroatoms. The Hall–Kier alpha value is -3.48. The first kappa shape index (κ1) is 19.3. The first-order chi connectivity index (χ1) is 13.5. The monoisotopic (exact) mass is 410 g/mol. The van der Waals surface area contributed by atoms with E-state index in [4.69, 9.17) is 5.26 Å². The van der Waals surface area contributed by atoms with Gasteiger partial charge in [0, 0.05) is 0 Å². The van der Waals surface area contributed by atoms with E-state index in [0.717, 1.165) is 11.3 Å². The number of thiophene rings is 1. The normalized spacial score (nSPS) is 11.1. The van der Waals surface area contributed by atoms with Crippen LogP contribution in [0.5, 0.6) is 0 Å². The summed E-state index contributed by atoms with van der Waals surface area (Å²) >= 11 is 1.08. The van der Waals surface area contributed by atoms with Crippen molar-refractivity contribution in [2.45, 2.75) is 4.21 Å². The highest BCUT2D eigenvalue weighted by atomic mass is 32.2. The molecule has 1 aromatic heterocycles. The molecule has 7 nitrogen and oxygen atoms in total. The third-order valence-electron chi connectivity index (χ3n) is 3.60. The zero-order valence-corrected chi connectivity index (χ0v) is 16.0. The van der Waals surface area contributed by atoms with E-state index in [2.05, 4.69) is 15.2 Å². The fourth-order valence-corrected chi connectivity index (χ4v) is 4.32. The lowest BCUT2D eigenvalue weighted by Crippen LogP contribution is -2.21. The van der Waals surface area contributed by atoms with Gasteiger partial charge in [-0.2, -0.15) is 10.4 Å². The van der Waals surface area contributed by atoms with Gasteiger partial charge in [0.1, 0.15) is 4.21 Å². The summed E-state index contributed by atoms with van der Waals surface area (Å²) < 4.78 is 27.4. The van der Waals surface area contributed by atoms with Crippen LogP contribution < -0.4 is 10.1 Å². The summed E-state index contributed by atoms with van der Waals surface area (Å²) in [7, 11) is -3.77. The molecule has 0 atom stereocenters. The number of hydrazone groups is 1. The Kier molecular flexibility index (Phi) is 5.84. The van der Waals surface area contributed by atoms with Crippen LogP contribution in [0, 0.1) is 11.3 Å². The maximum Gasteiger partial charge on any atom is 0.273 e. The van der Waals surface area contributed by atoms with Gasteiger partial charge in [0.25, 0.3) is 15.9 Å². The van der Waals surface area contributed by atoms with E-state index in [9.17, 15) is 13.2 Å². The van der Waals surface area contributed by atoms with Crippen molar-refractivity contribution < 1.29 is 13.2 Å². The minimum atomic E-state index is -3.77. The lowest BCUT2D eigenvalue weighted by molar-refractivity contribution is 0.0956. The van der Waals surface area contributed by atoms with Crippen LogP contribution in [0.3, 0.4) is 0 Å². The molecule has 28 heavy (non-hydrogen) atoms. The summed E-state index contributed by atoms with van der Waals surface area (Å²) in [5.41, 5.74) is 3.88. The van der Waals surface area contributed by atoms with E-state index >= 15 is 0 Å². The van der Waals surface area contributed by atoms with Crippen molar-refractivity contribution in [3.63, 3.8) is 0 Å². The number of rotatable bonds is 6. The number of para-hydroxylation sites is 1. The number of benzene rings is 2. The van der Waals surface area contributed by atoms with Gasteiger partial charge in [0.05, 0.1) is 29.1 Å². The Morgan fingerprint density at radius 3 is 2.50 bits per heavy atom. The molecule has 0 unspecified atom stereocenters. The number of hydrogen-bond acceptors (Lipinski definition) is 6. The summed E-state index contributed by atoms with van der Waals surface area (Å²) in [5, 5.41) is 14.3. The molecule has 0 aliphatic carbocycles. The molecule has 0 saturated carbocycles. The maximum atomic E-state index is 12.4. The molecule has 0 saturated heterocycles. The van der Waals surface area contributed by atoms with E-state index in [1.165, 1.54) is 24.4 Å². The van der Waals surface area contributed by atoms with E-state index < -0.39 is 15.9 Å². The van der Waals surface area contributed by atoms with Crippen molar-refractivity contribution in [3.05, 3.63) is 82.7 Å². The predicted molar refractivity (Wildman–Crippen MR) is 108 cm³/mol. The Morgan fingerprint density at radius 2 is 1.82 bits per heavy atom. The fourth-order valence-electron chi connectivity index (χ4n) is 2.25. The van der Waals surface area contributed by atoms with Crippen molar-refractivity contribution in [1.82, 2.24) is 5.43 Å². The number of amides is 1. The van der Waals surface area contributed by atoms with Crippen LogP contribution in [-0.4, -0.2) is 20.5 Å². The largest absolute Gasteiger partial charge is 0.278 e. The van der Waals surface area contributed by atoms with Crippen molar-refractivity contribution in [2.24, 2.45) is 5.10 Å². The van der Waals surface area contributed by atoms with Crippen LogP contribution in [-0.2, 0) is 10.0 Å². The van der Waals surface area contributed by atoms with Gasteiger partial charge in [-0.25, -0.2) is 13.8 Å². The van der Waals surface area contributed by atoms with Crippen LogP contribution in [0.2, 0.25) is 0 Å². The van der Waals surface area contributed by atoms with Crippen molar-refractivity contribution in [2.75, 3.05) is 4.72 Å². The number of anilines is 1. The number of hydrogen-bond donors (Lipinski definition) is 2. The third kappa shape index (κ3) is 4.62. The number of sulfonamides is 1. The van der Waals surface area contributed by atoms with Gasteiger partial charge >= 0.3 is 0 Å². The van der Waals surface area contributed by atoms with Gasteiger partial charge in [-0.1, -0.05) is 30.3 Å². The van der Waals surface area contributed by atoms with E-state index in [-0.39, 0.29) is 15.5 Å².